The van der Waals surface area contributed by atoms with Gasteiger partial charge in [-0.2, -0.15) is 0 Å². The Hall–Kier alpha value is -2.40. The van der Waals surface area contributed by atoms with Crippen LogP contribution in [0.25, 0.3) is 0 Å². The molecule has 0 aromatic carbocycles. The third-order valence-corrected chi connectivity index (χ3v) is 7.77. The van der Waals surface area contributed by atoms with Crippen LogP contribution in [0.2, 0.25) is 0 Å². The lowest BCUT2D eigenvalue weighted by Gasteiger charge is -2.49. The van der Waals surface area contributed by atoms with Gasteiger partial charge in [0.15, 0.2) is 5.13 Å². The van der Waals surface area contributed by atoms with Crippen LogP contribution in [0.4, 0.5) is 5.13 Å². The van der Waals surface area contributed by atoms with Gasteiger partial charge in [0.05, 0.1) is 5.69 Å². The number of amides is 2. The van der Waals surface area contributed by atoms with Crippen molar-refractivity contribution in [1.82, 2.24) is 35.4 Å². The van der Waals surface area contributed by atoms with Crippen LogP contribution in [0, 0.1) is 0 Å². The van der Waals surface area contributed by atoms with Crippen molar-refractivity contribution in [3.63, 3.8) is 0 Å². The predicted molar refractivity (Wildman–Crippen MR) is 120 cm³/mol. The van der Waals surface area contributed by atoms with Crippen molar-refractivity contribution in [2.75, 3.05) is 17.2 Å². The second-order valence-electron chi connectivity index (χ2n) is 6.62. The zero-order valence-corrected chi connectivity index (χ0v) is 19.6. The number of fused-ring (bicyclic) bond motifs is 1. The molecule has 0 spiro atoms. The van der Waals surface area contributed by atoms with Crippen LogP contribution in [0.15, 0.2) is 21.8 Å². The number of aliphatic carboxylic acids is 1. The number of nitrogens with one attached hydrogen (secondary N) is 1. The summed E-state index contributed by atoms with van der Waals surface area (Å²) in [6.07, 6.45) is 0. The molecule has 0 radical (unpaired) electrons. The molecule has 2 aromatic heterocycles. The van der Waals surface area contributed by atoms with Gasteiger partial charge in [0, 0.05) is 23.9 Å². The van der Waals surface area contributed by atoms with Crippen LogP contribution in [-0.4, -0.2) is 75.9 Å². The molecule has 0 saturated carbocycles. The third kappa shape index (κ3) is 4.40. The molecular formula is C15H18ClN9O4S3. The molecule has 1 saturated heterocycles. The Labute approximate surface area is 199 Å². The minimum absolute atomic E-state index is 0. The standard InChI is InChI=1S/C15H17N9O4S3.ClH/c1-23-15(20-21-22-23)31-3-5-2-29-12-8(11(26)24(12)9(5)13(27)28)19-10(25)7(16)6-4-30-14(17)18-6;/h4,7-8,12H,2-3,16H2,1H3,(H2,17,18)(H,19,25)(H,27,28);1H/t7?,8-,12-;/m1./s1. The average Bonchev–Trinajstić information content (AvgIpc) is 3.36. The summed E-state index contributed by atoms with van der Waals surface area (Å²) in [6.45, 7) is 0. The number of rotatable bonds is 7. The number of nitrogen functional groups attached to an aromatic ring is 1. The highest BCUT2D eigenvalue weighted by Gasteiger charge is 2.54. The first-order valence-electron chi connectivity index (χ1n) is 8.80. The number of carboxylic acids is 1. The van der Waals surface area contributed by atoms with Crippen LogP contribution in [-0.2, 0) is 21.4 Å². The summed E-state index contributed by atoms with van der Waals surface area (Å²) in [5.74, 6) is -1.59. The summed E-state index contributed by atoms with van der Waals surface area (Å²) in [7, 11) is 1.68. The van der Waals surface area contributed by atoms with Crippen molar-refractivity contribution in [2.24, 2.45) is 12.8 Å². The number of nitrogens with two attached hydrogens (primary N) is 2. The molecule has 2 aliphatic rings. The first-order chi connectivity index (χ1) is 14.8. The number of thioether (sulfide) groups is 2. The van der Waals surface area contributed by atoms with Gasteiger partial charge in [-0.1, -0.05) is 11.8 Å². The number of anilines is 1. The molecule has 3 atom stereocenters. The number of halogens is 1. The summed E-state index contributed by atoms with van der Waals surface area (Å²) in [5, 5.41) is 25.3. The normalized spacial score (nSPS) is 20.8. The lowest BCUT2D eigenvalue weighted by Crippen LogP contribution is -2.71. The van der Waals surface area contributed by atoms with Gasteiger partial charge >= 0.3 is 5.97 Å². The van der Waals surface area contributed by atoms with E-state index in [1.165, 1.54) is 33.1 Å². The van der Waals surface area contributed by atoms with Gasteiger partial charge in [-0.15, -0.1) is 40.6 Å². The molecule has 172 valence electrons. The number of carbonyl (C=O) groups is 3. The second-order valence-corrected chi connectivity index (χ2v) is 9.55. The number of hydrogen-bond acceptors (Lipinski definition) is 12. The maximum absolute atomic E-state index is 12.7. The quantitative estimate of drug-likeness (QED) is 0.263. The lowest BCUT2D eigenvalue weighted by molar-refractivity contribution is -0.150. The zero-order chi connectivity index (χ0) is 22.3. The van der Waals surface area contributed by atoms with Gasteiger partial charge < -0.3 is 21.9 Å². The number of thiazole rings is 1. The van der Waals surface area contributed by atoms with E-state index in [4.69, 9.17) is 11.5 Å². The summed E-state index contributed by atoms with van der Waals surface area (Å²) < 4.78 is 1.48. The smallest absolute Gasteiger partial charge is 0.352 e. The molecule has 17 heteroatoms. The van der Waals surface area contributed by atoms with Gasteiger partial charge in [-0.25, -0.2) is 14.5 Å². The monoisotopic (exact) mass is 519 g/mol. The number of nitrogens with zero attached hydrogens (tertiary/aromatic N) is 6. The fourth-order valence-electron chi connectivity index (χ4n) is 3.11. The highest BCUT2D eigenvalue weighted by Crippen LogP contribution is 2.41. The predicted octanol–water partition coefficient (Wildman–Crippen LogP) is -0.799. The number of tetrazole rings is 1. The maximum atomic E-state index is 12.7. The fraction of sp³-hybridized carbons (Fsp3) is 0.400. The molecule has 2 aliphatic heterocycles. The minimum atomic E-state index is -1.20. The fourth-order valence-corrected chi connectivity index (χ4v) is 6.04. The maximum Gasteiger partial charge on any atom is 0.352 e. The summed E-state index contributed by atoms with van der Waals surface area (Å²) in [5.41, 5.74) is 12.3. The van der Waals surface area contributed by atoms with E-state index < -0.39 is 35.2 Å². The molecule has 4 heterocycles. The Morgan fingerprint density at radius 2 is 2.22 bits per heavy atom. The van der Waals surface area contributed by atoms with Crippen molar-refractivity contribution in [1.29, 1.82) is 0 Å². The van der Waals surface area contributed by atoms with Crippen LogP contribution < -0.4 is 16.8 Å². The molecule has 2 aromatic rings. The van der Waals surface area contributed by atoms with E-state index in [0.717, 1.165) is 11.3 Å². The van der Waals surface area contributed by atoms with E-state index in [0.29, 0.717) is 27.9 Å². The van der Waals surface area contributed by atoms with Crippen molar-refractivity contribution in [2.45, 2.75) is 22.6 Å². The molecule has 0 bridgehead atoms. The van der Waals surface area contributed by atoms with E-state index in [-0.39, 0.29) is 23.2 Å². The Balaban J connectivity index is 0.00000289. The highest BCUT2D eigenvalue weighted by molar-refractivity contribution is 8.01. The SMILES string of the molecule is Cl.Cn1nnnc1SCC1=C(C(=O)O)N2C(=O)[C@@H](NC(=O)C(N)c3csc(N)n3)[C@H]2SC1. The molecule has 1 unspecified atom stereocenters. The van der Waals surface area contributed by atoms with E-state index in [9.17, 15) is 19.5 Å². The molecular weight excluding hydrogens is 502 g/mol. The number of carboxylic acid groups (broad SMARTS) is 1. The van der Waals surface area contributed by atoms with E-state index in [1.807, 2.05) is 0 Å². The lowest BCUT2D eigenvalue weighted by atomic mass is 10.0. The van der Waals surface area contributed by atoms with Crippen LogP contribution in [0.3, 0.4) is 0 Å². The molecule has 4 rings (SSSR count). The molecule has 0 aliphatic carbocycles. The number of hydrogen-bond donors (Lipinski definition) is 4. The van der Waals surface area contributed by atoms with Crippen molar-refractivity contribution < 1.29 is 19.5 Å². The molecule has 13 nitrogen and oxygen atoms in total. The van der Waals surface area contributed by atoms with Crippen molar-refractivity contribution in [3.05, 3.63) is 22.3 Å². The highest BCUT2D eigenvalue weighted by atomic mass is 35.5. The minimum Gasteiger partial charge on any atom is -0.477 e. The summed E-state index contributed by atoms with van der Waals surface area (Å²) in [6, 6.07) is -1.95. The van der Waals surface area contributed by atoms with Crippen molar-refractivity contribution >= 4 is 70.2 Å². The largest absolute Gasteiger partial charge is 0.477 e. The Morgan fingerprint density at radius 3 is 2.81 bits per heavy atom. The Morgan fingerprint density at radius 1 is 1.47 bits per heavy atom. The summed E-state index contributed by atoms with van der Waals surface area (Å²) in [4.78, 5) is 42.3. The van der Waals surface area contributed by atoms with E-state index in [1.54, 1.807) is 12.4 Å². The van der Waals surface area contributed by atoms with Gasteiger partial charge in [0.25, 0.3) is 5.91 Å². The Kier molecular flexibility index (Phi) is 7.29. The number of aryl methyl sites for hydroxylation is 1. The van der Waals surface area contributed by atoms with Crippen molar-refractivity contribution in [3.8, 4) is 0 Å². The molecule has 2 amide bonds. The van der Waals surface area contributed by atoms with Gasteiger partial charge in [0.1, 0.15) is 23.2 Å². The first kappa shape index (κ1) is 24.2. The van der Waals surface area contributed by atoms with Crippen LogP contribution >= 0.6 is 47.3 Å². The Bertz CT molecular complexity index is 1090. The van der Waals surface area contributed by atoms with Crippen LogP contribution in [0.5, 0.6) is 0 Å². The average molecular weight is 520 g/mol. The second kappa shape index (κ2) is 9.62. The van der Waals surface area contributed by atoms with Gasteiger partial charge in [-0.3, -0.25) is 14.5 Å². The topological polar surface area (TPSA) is 195 Å². The van der Waals surface area contributed by atoms with Gasteiger partial charge in [0.2, 0.25) is 11.1 Å². The molecule has 32 heavy (non-hydrogen) atoms. The first-order valence-corrected chi connectivity index (χ1v) is 11.7. The third-order valence-electron chi connectivity index (χ3n) is 4.65. The van der Waals surface area contributed by atoms with E-state index >= 15 is 0 Å². The number of β-lactam (4-membered cyclic amide) rings is 1. The van der Waals surface area contributed by atoms with Gasteiger partial charge in [-0.05, 0) is 16.0 Å². The number of carbonyl (C=O) groups excluding carboxylic acids is 2. The molecule has 6 N–H and O–H groups in total. The molecule has 1 fully saturated rings. The summed E-state index contributed by atoms with van der Waals surface area (Å²) >= 11 is 3.80. The van der Waals surface area contributed by atoms with Crippen LogP contribution in [0.1, 0.15) is 11.7 Å². The number of aromatic nitrogens is 5. The van der Waals surface area contributed by atoms with E-state index in [2.05, 4.69) is 25.8 Å². The zero-order valence-electron chi connectivity index (χ0n) is 16.4.